The van der Waals surface area contributed by atoms with Gasteiger partial charge in [-0.15, -0.1) is 0 Å². The monoisotopic (exact) mass is 1030 g/mol. The van der Waals surface area contributed by atoms with Crippen molar-refractivity contribution in [3.8, 4) is 0 Å². The van der Waals surface area contributed by atoms with Crippen LogP contribution in [0.15, 0.2) is 60.8 Å². The number of ether oxygens (including phenoxy) is 5. The van der Waals surface area contributed by atoms with Crippen LogP contribution in [-0.2, 0) is 42.9 Å². The maximum Gasteiger partial charge on any atom is 0.335 e. The number of aliphatic hydroxyl groups is 2. The molecular formula is C61H104O12. The lowest BCUT2D eigenvalue weighted by Gasteiger charge is -2.40. The van der Waals surface area contributed by atoms with E-state index in [9.17, 15) is 34.5 Å². The summed E-state index contributed by atoms with van der Waals surface area (Å²) < 4.78 is 28.4. The molecule has 73 heavy (non-hydrogen) atoms. The summed E-state index contributed by atoms with van der Waals surface area (Å²) in [6.45, 7) is 5.83. The van der Waals surface area contributed by atoms with Crippen LogP contribution in [0.2, 0.25) is 0 Å². The lowest BCUT2D eigenvalue weighted by Crippen LogP contribution is -2.61. The first-order valence-electron chi connectivity index (χ1n) is 29.3. The predicted molar refractivity (Wildman–Crippen MR) is 294 cm³/mol. The minimum atomic E-state index is -1.91. The number of carbonyl (C=O) groups excluding carboxylic acids is 3. The second-order valence-corrected chi connectivity index (χ2v) is 19.9. The Hall–Kier alpha value is -3.58. The zero-order valence-electron chi connectivity index (χ0n) is 46.1. The van der Waals surface area contributed by atoms with Gasteiger partial charge in [-0.05, 0) is 96.3 Å². The van der Waals surface area contributed by atoms with Gasteiger partial charge in [0.1, 0.15) is 18.8 Å². The van der Waals surface area contributed by atoms with E-state index in [-0.39, 0.29) is 25.9 Å². The van der Waals surface area contributed by atoms with Crippen LogP contribution < -0.4 is 0 Å². The first kappa shape index (κ1) is 67.4. The second-order valence-electron chi connectivity index (χ2n) is 19.9. The van der Waals surface area contributed by atoms with E-state index in [2.05, 4.69) is 81.5 Å². The lowest BCUT2D eigenvalue weighted by atomic mass is 9.98. The summed E-state index contributed by atoms with van der Waals surface area (Å²) in [5.41, 5.74) is 0. The first-order chi connectivity index (χ1) is 35.6. The fourth-order valence-corrected chi connectivity index (χ4v) is 8.50. The average Bonchev–Trinajstić information content (AvgIpc) is 3.37. The maximum absolute atomic E-state index is 13.1. The lowest BCUT2D eigenvalue weighted by molar-refractivity contribution is -0.301. The standard InChI is InChI=1S/C61H104O12/c1-4-7-10-13-16-19-22-25-26-27-28-31-34-37-40-43-46-49-55(64)72-59-57(66)56(65)58(60(67)68)73-61(59)70-51-52(71-54(63)48-45-42-39-36-33-30-24-21-18-15-12-9-6-3)50-69-53(62)47-44-41-38-35-32-29-23-20-17-14-11-8-5-2/h11-12,14-15,20-21,23-26,52,56-59,61,65-66H,4-10,13,16-19,22,27-51H2,1-3H3,(H,67,68)/b14-11-,15-12-,23-20-,24-21-,26-25-. The van der Waals surface area contributed by atoms with Gasteiger partial charge in [0, 0.05) is 19.3 Å². The molecule has 1 rings (SSSR count). The molecular weight excluding hydrogens is 925 g/mol. The topological polar surface area (TPSA) is 175 Å². The molecule has 0 amide bonds. The Balaban J connectivity index is 2.70. The van der Waals surface area contributed by atoms with Crippen LogP contribution in [0.25, 0.3) is 0 Å². The molecule has 12 heteroatoms. The van der Waals surface area contributed by atoms with Gasteiger partial charge in [0.25, 0.3) is 0 Å². The number of aliphatic hydroxyl groups excluding tert-OH is 2. The maximum atomic E-state index is 13.1. The number of hydrogen-bond acceptors (Lipinski definition) is 11. The van der Waals surface area contributed by atoms with Gasteiger partial charge in [-0.1, -0.05) is 197 Å². The Morgan fingerprint density at radius 2 is 0.849 bits per heavy atom. The Morgan fingerprint density at radius 1 is 0.452 bits per heavy atom. The summed E-state index contributed by atoms with van der Waals surface area (Å²) in [4.78, 5) is 51.0. The van der Waals surface area contributed by atoms with E-state index in [1.165, 1.54) is 57.8 Å². The number of hydrogen-bond donors (Lipinski definition) is 3. The molecule has 420 valence electrons. The number of allylic oxidation sites excluding steroid dienone is 10. The summed E-state index contributed by atoms with van der Waals surface area (Å²) in [5.74, 6) is -3.16. The molecule has 0 aromatic carbocycles. The molecule has 6 unspecified atom stereocenters. The summed E-state index contributed by atoms with van der Waals surface area (Å²) in [5, 5.41) is 31.5. The van der Waals surface area contributed by atoms with Crippen molar-refractivity contribution in [2.45, 2.75) is 289 Å². The smallest absolute Gasteiger partial charge is 0.335 e. The number of carbonyl (C=O) groups is 4. The zero-order chi connectivity index (χ0) is 53.3. The molecule has 0 aliphatic carbocycles. The molecule has 6 atom stereocenters. The fourth-order valence-electron chi connectivity index (χ4n) is 8.50. The van der Waals surface area contributed by atoms with Crippen LogP contribution in [0, 0.1) is 0 Å². The van der Waals surface area contributed by atoms with Crippen molar-refractivity contribution in [1.29, 1.82) is 0 Å². The van der Waals surface area contributed by atoms with E-state index < -0.39 is 67.3 Å². The van der Waals surface area contributed by atoms with Gasteiger partial charge in [-0.25, -0.2) is 4.79 Å². The Kier molecular flexibility index (Phi) is 45.5. The molecule has 1 aliphatic heterocycles. The van der Waals surface area contributed by atoms with Gasteiger partial charge in [0.15, 0.2) is 24.6 Å². The molecule has 1 aliphatic rings. The zero-order valence-corrected chi connectivity index (χ0v) is 46.1. The van der Waals surface area contributed by atoms with E-state index in [1.807, 2.05) is 0 Å². The molecule has 0 radical (unpaired) electrons. The Bertz CT molecular complexity index is 1500. The van der Waals surface area contributed by atoms with Gasteiger partial charge >= 0.3 is 23.9 Å². The quantitative estimate of drug-likeness (QED) is 0.0228. The van der Waals surface area contributed by atoms with Crippen molar-refractivity contribution < 1.29 is 58.2 Å². The third-order valence-corrected chi connectivity index (χ3v) is 13.0. The predicted octanol–water partition coefficient (Wildman–Crippen LogP) is 14.8. The van der Waals surface area contributed by atoms with Gasteiger partial charge in [0.2, 0.25) is 0 Å². The molecule has 3 N–H and O–H groups in total. The van der Waals surface area contributed by atoms with Crippen molar-refractivity contribution >= 4 is 23.9 Å². The van der Waals surface area contributed by atoms with Crippen molar-refractivity contribution in [2.75, 3.05) is 13.2 Å². The number of carboxylic acid groups (broad SMARTS) is 1. The molecule has 0 bridgehead atoms. The van der Waals surface area contributed by atoms with Crippen molar-refractivity contribution in [3.05, 3.63) is 60.8 Å². The van der Waals surface area contributed by atoms with Crippen LogP contribution in [0.4, 0.5) is 0 Å². The normalized spacial score (nSPS) is 18.7. The Morgan fingerprint density at radius 3 is 1.30 bits per heavy atom. The number of aliphatic carboxylic acids is 1. The minimum absolute atomic E-state index is 0.0522. The first-order valence-corrected chi connectivity index (χ1v) is 29.3. The molecule has 1 heterocycles. The highest BCUT2D eigenvalue weighted by molar-refractivity contribution is 5.74. The number of esters is 3. The van der Waals surface area contributed by atoms with E-state index in [0.717, 1.165) is 135 Å². The molecule has 0 aromatic heterocycles. The van der Waals surface area contributed by atoms with Crippen LogP contribution >= 0.6 is 0 Å². The third kappa shape index (κ3) is 39.5. The molecule has 0 saturated carbocycles. The Labute approximate surface area is 443 Å². The van der Waals surface area contributed by atoms with Crippen LogP contribution in [0.1, 0.15) is 252 Å². The number of rotatable bonds is 49. The van der Waals surface area contributed by atoms with E-state index in [1.54, 1.807) is 0 Å². The molecule has 1 fully saturated rings. The number of unbranched alkanes of at least 4 members (excludes halogenated alkanes) is 25. The largest absolute Gasteiger partial charge is 0.479 e. The van der Waals surface area contributed by atoms with Gasteiger partial charge in [-0.3, -0.25) is 14.4 Å². The van der Waals surface area contributed by atoms with Crippen LogP contribution in [-0.4, -0.2) is 89.2 Å². The SMILES string of the molecule is CCC/C=C\C/C=C\CCCCCCCC(=O)OCC(COC1OC(C(=O)O)C(O)C(O)C1OC(=O)CCCCCCCCC/C=C\CCCCCCCC)OC(=O)CCCCCCC/C=C\C/C=C\CCC. The van der Waals surface area contributed by atoms with Gasteiger partial charge in [0.05, 0.1) is 6.61 Å². The minimum Gasteiger partial charge on any atom is -0.479 e. The van der Waals surface area contributed by atoms with E-state index >= 15 is 0 Å². The van der Waals surface area contributed by atoms with Crippen LogP contribution in [0.3, 0.4) is 0 Å². The van der Waals surface area contributed by atoms with Gasteiger partial charge < -0.3 is 39.0 Å². The van der Waals surface area contributed by atoms with Crippen molar-refractivity contribution in [3.63, 3.8) is 0 Å². The summed E-state index contributed by atoms with van der Waals surface area (Å²) >= 11 is 0. The fraction of sp³-hybridized carbons (Fsp3) is 0.770. The number of carboxylic acids is 1. The molecule has 0 spiro atoms. The highest BCUT2D eigenvalue weighted by atomic mass is 16.7. The van der Waals surface area contributed by atoms with E-state index in [4.69, 9.17) is 23.7 Å². The van der Waals surface area contributed by atoms with Crippen molar-refractivity contribution in [1.82, 2.24) is 0 Å². The highest BCUT2D eigenvalue weighted by Gasteiger charge is 2.50. The summed E-state index contributed by atoms with van der Waals surface area (Å²) in [6, 6.07) is 0. The van der Waals surface area contributed by atoms with Crippen molar-refractivity contribution in [2.24, 2.45) is 0 Å². The molecule has 0 aromatic rings. The molecule has 1 saturated heterocycles. The average molecular weight is 1030 g/mol. The second kappa shape index (κ2) is 49.3. The molecule has 12 nitrogen and oxygen atoms in total. The highest BCUT2D eigenvalue weighted by Crippen LogP contribution is 2.26. The van der Waals surface area contributed by atoms with Gasteiger partial charge in [-0.2, -0.15) is 0 Å². The third-order valence-electron chi connectivity index (χ3n) is 13.0. The van der Waals surface area contributed by atoms with Crippen LogP contribution in [0.5, 0.6) is 0 Å². The summed E-state index contributed by atoms with van der Waals surface area (Å²) in [6.07, 6.45) is 47.6. The summed E-state index contributed by atoms with van der Waals surface area (Å²) in [7, 11) is 0. The van der Waals surface area contributed by atoms with E-state index in [0.29, 0.717) is 19.3 Å².